The number of rotatable bonds is 4. The van der Waals surface area contributed by atoms with Crippen molar-refractivity contribution in [1.82, 2.24) is 0 Å². The summed E-state index contributed by atoms with van der Waals surface area (Å²) >= 11 is 3.17. The number of nitrogens with one attached hydrogen (secondary N) is 1. The molecule has 2 nitrogen and oxygen atoms in total. The van der Waals surface area contributed by atoms with E-state index in [2.05, 4.69) is 21.2 Å². The Morgan fingerprint density at radius 2 is 2.23 bits per heavy atom. The number of aliphatic hydroxyl groups is 1. The summed E-state index contributed by atoms with van der Waals surface area (Å²) < 4.78 is 13.8. The van der Waals surface area contributed by atoms with Gasteiger partial charge in [-0.3, -0.25) is 0 Å². The van der Waals surface area contributed by atoms with Gasteiger partial charge in [0.1, 0.15) is 5.82 Å². The van der Waals surface area contributed by atoms with Crippen molar-refractivity contribution in [2.24, 2.45) is 0 Å². The van der Waals surface area contributed by atoms with Crippen molar-refractivity contribution >= 4 is 21.6 Å². The van der Waals surface area contributed by atoms with E-state index in [4.69, 9.17) is 5.11 Å². The molecule has 0 radical (unpaired) electrons. The zero-order chi connectivity index (χ0) is 9.68. The van der Waals surface area contributed by atoms with Crippen molar-refractivity contribution in [3.63, 3.8) is 0 Å². The number of hydrogen-bond acceptors (Lipinski definition) is 2. The lowest BCUT2D eigenvalue weighted by Gasteiger charge is -2.06. The Morgan fingerprint density at radius 3 is 2.85 bits per heavy atom. The molecule has 0 bridgehead atoms. The monoisotopic (exact) mass is 247 g/mol. The van der Waals surface area contributed by atoms with Gasteiger partial charge >= 0.3 is 0 Å². The third kappa shape index (κ3) is 3.32. The van der Waals surface area contributed by atoms with Gasteiger partial charge in [0.2, 0.25) is 0 Å². The molecule has 1 rings (SSSR count). The molecule has 0 aliphatic carbocycles. The minimum Gasteiger partial charge on any atom is -0.396 e. The first-order valence-electron chi connectivity index (χ1n) is 4.04. The minimum atomic E-state index is -0.285. The third-order valence-corrected chi connectivity index (χ3v) is 2.07. The van der Waals surface area contributed by atoms with Gasteiger partial charge in [0, 0.05) is 17.6 Å². The lowest BCUT2D eigenvalue weighted by Crippen LogP contribution is -2.04. The summed E-state index contributed by atoms with van der Waals surface area (Å²) in [6, 6.07) is 4.84. The molecule has 0 saturated heterocycles. The average Bonchev–Trinajstić information content (AvgIpc) is 2.09. The van der Waals surface area contributed by atoms with E-state index in [9.17, 15) is 4.39 Å². The topological polar surface area (TPSA) is 32.3 Å². The maximum Gasteiger partial charge on any atom is 0.147 e. The first kappa shape index (κ1) is 10.5. The van der Waals surface area contributed by atoms with E-state index < -0.39 is 0 Å². The van der Waals surface area contributed by atoms with Crippen LogP contribution in [0.25, 0.3) is 0 Å². The van der Waals surface area contributed by atoms with Crippen LogP contribution in [0.4, 0.5) is 10.1 Å². The highest BCUT2D eigenvalue weighted by atomic mass is 79.9. The Bertz CT molecular complexity index is 280. The van der Waals surface area contributed by atoms with Crippen molar-refractivity contribution in [3.05, 3.63) is 28.5 Å². The van der Waals surface area contributed by atoms with Gasteiger partial charge in [0.05, 0.1) is 5.69 Å². The molecule has 0 amide bonds. The number of hydrogen-bond donors (Lipinski definition) is 2. The molecule has 0 fully saturated rings. The molecule has 1 aromatic carbocycles. The summed E-state index contributed by atoms with van der Waals surface area (Å²) in [5.74, 6) is -0.285. The second-order valence-corrected chi connectivity index (χ2v) is 3.54. The predicted molar refractivity (Wildman–Crippen MR) is 54.3 cm³/mol. The van der Waals surface area contributed by atoms with Gasteiger partial charge in [-0.15, -0.1) is 0 Å². The van der Waals surface area contributed by atoms with Gasteiger partial charge in [-0.1, -0.05) is 15.9 Å². The van der Waals surface area contributed by atoms with E-state index in [0.717, 1.165) is 4.47 Å². The van der Waals surface area contributed by atoms with E-state index in [0.29, 0.717) is 18.7 Å². The van der Waals surface area contributed by atoms with E-state index >= 15 is 0 Å². The van der Waals surface area contributed by atoms with Crippen molar-refractivity contribution in [2.45, 2.75) is 6.42 Å². The molecule has 13 heavy (non-hydrogen) atoms. The van der Waals surface area contributed by atoms with Gasteiger partial charge < -0.3 is 10.4 Å². The molecular formula is C9H11BrFNO. The second kappa shape index (κ2) is 5.19. The maximum atomic E-state index is 13.1. The smallest absolute Gasteiger partial charge is 0.147 e. The highest BCUT2D eigenvalue weighted by Crippen LogP contribution is 2.18. The molecule has 72 valence electrons. The first-order chi connectivity index (χ1) is 6.24. The summed E-state index contributed by atoms with van der Waals surface area (Å²) in [6.45, 7) is 0.695. The Morgan fingerprint density at radius 1 is 1.46 bits per heavy atom. The largest absolute Gasteiger partial charge is 0.396 e. The highest BCUT2D eigenvalue weighted by molar-refractivity contribution is 9.10. The Labute approximate surface area is 84.9 Å². The lowest BCUT2D eigenvalue weighted by atomic mass is 10.3. The highest BCUT2D eigenvalue weighted by Gasteiger charge is 2.00. The summed E-state index contributed by atoms with van der Waals surface area (Å²) in [4.78, 5) is 0. The summed E-state index contributed by atoms with van der Waals surface area (Å²) in [5.41, 5.74) is 0.469. The minimum absolute atomic E-state index is 0.116. The normalized spacial score (nSPS) is 10.1. The molecule has 0 atom stereocenters. The molecule has 0 saturated carbocycles. The molecule has 0 heterocycles. The van der Waals surface area contributed by atoms with Crippen molar-refractivity contribution in [1.29, 1.82) is 0 Å². The number of anilines is 1. The van der Waals surface area contributed by atoms with Gasteiger partial charge in [0.15, 0.2) is 0 Å². The zero-order valence-corrected chi connectivity index (χ0v) is 8.64. The summed E-state index contributed by atoms with van der Waals surface area (Å²) in [7, 11) is 0. The van der Waals surface area contributed by atoms with Crippen LogP contribution in [0.5, 0.6) is 0 Å². The molecule has 0 unspecified atom stereocenters. The van der Waals surface area contributed by atoms with Gasteiger partial charge in [-0.05, 0) is 24.6 Å². The average molecular weight is 248 g/mol. The standard InChI is InChI=1S/C9H11BrFNO/c10-7-2-3-9(8(11)6-7)12-4-1-5-13/h2-3,6,12-13H,1,4-5H2. The Balaban J connectivity index is 2.56. The summed E-state index contributed by atoms with van der Waals surface area (Å²) in [6.07, 6.45) is 0.621. The van der Waals surface area contributed by atoms with Gasteiger partial charge in [0.25, 0.3) is 0 Å². The predicted octanol–water partition coefficient (Wildman–Crippen LogP) is 2.38. The quantitative estimate of drug-likeness (QED) is 0.802. The van der Waals surface area contributed by atoms with E-state index in [1.807, 2.05) is 0 Å². The maximum absolute atomic E-state index is 13.1. The van der Waals surface area contributed by atoms with Gasteiger partial charge in [-0.25, -0.2) is 4.39 Å². The molecule has 1 aromatic rings. The SMILES string of the molecule is OCCCNc1ccc(Br)cc1F. The molecular weight excluding hydrogens is 237 g/mol. The molecule has 0 aromatic heterocycles. The Kier molecular flexibility index (Phi) is 4.18. The zero-order valence-electron chi connectivity index (χ0n) is 7.06. The van der Waals surface area contributed by atoms with Crippen LogP contribution in [0.15, 0.2) is 22.7 Å². The van der Waals surface area contributed by atoms with Crippen molar-refractivity contribution in [2.75, 3.05) is 18.5 Å². The summed E-state index contributed by atoms with van der Waals surface area (Å²) in [5, 5.41) is 11.4. The van der Waals surface area contributed by atoms with Crippen LogP contribution in [0.3, 0.4) is 0 Å². The fourth-order valence-corrected chi connectivity index (χ4v) is 1.27. The van der Waals surface area contributed by atoms with Crippen molar-refractivity contribution in [3.8, 4) is 0 Å². The lowest BCUT2D eigenvalue weighted by molar-refractivity contribution is 0.292. The second-order valence-electron chi connectivity index (χ2n) is 2.63. The fraction of sp³-hybridized carbons (Fsp3) is 0.333. The van der Waals surface area contributed by atoms with Gasteiger partial charge in [-0.2, -0.15) is 0 Å². The van der Waals surface area contributed by atoms with E-state index in [1.54, 1.807) is 12.1 Å². The number of halogens is 2. The van der Waals surface area contributed by atoms with Crippen LogP contribution >= 0.6 is 15.9 Å². The van der Waals surface area contributed by atoms with E-state index in [-0.39, 0.29) is 12.4 Å². The fourth-order valence-electron chi connectivity index (χ4n) is 0.935. The van der Waals surface area contributed by atoms with E-state index in [1.165, 1.54) is 6.07 Å². The third-order valence-electron chi connectivity index (χ3n) is 1.58. The van der Waals surface area contributed by atoms with Crippen molar-refractivity contribution < 1.29 is 9.50 Å². The molecule has 0 spiro atoms. The van der Waals surface area contributed by atoms with Crippen LogP contribution in [-0.4, -0.2) is 18.3 Å². The molecule has 0 aliphatic rings. The Hall–Kier alpha value is -0.610. The first-order valence-corrected chi connectivity index (χ1v) is 4.83. The van der Waals surface area contributed by atoms with Crippen LogP contribution in [0, 0.1) is 5.82 Å². The van der Waals surface area contributed by atoms with Crippen LogP contribution < -0.4 is 5.32 Å². The molecule has 0 aliphatic heterocycles. The number of benzene rings is 1. The molecule has 4 heteroatoms. The van der Waals surface area contributed by atoms with Crippen LogP contribution in [-0.2, 0) is 0 Å². The van der Waals surface area contributed by atoms with Crippen LogP contribution in [0.2, 0.25) is 0 Å². The van der Waals surface area contributed by atoms with Crippen LogP contribution in [0.1, 0.15) is 6.42 Å². The molecule has 2 N–H and O–H groups in total. The number of aliphatic hydroxyl groups excluding tert-OH is 1.